The Morgan fingerprint density at radius 3 is 2.38 bits per heavy atom. The third-order valence-electron chi connectivity index (χ3n) is 3.45. The minimum absolute atomic E-state index is 0. The lowest BCUT2D eigenvalue weighted by atomic mass is 9.95. The largest absolute Gasteiger partial charge is 0.497 e. The molecule has 0 saturated carbocycles. The molecule has 0 radical (unpaired) electrons. The molecular weight excluding hydrogens is 380 g/mol. The molecule has 1 rings (SSSR count). The molecule has 1 aromatic carbocycles. The van der Waals surface area contributed by atoms with Gasteiger partial charge in [0, 0.05) is 22.6 Å². The summed E-state index contributed by atoms with van der Waals surface area (Å²) >= 11 is 3.24. The molecule has 0 spiro atoms. The molecule has 0 aliphatic heterocycles. The molecule has 8 heteroatoms. The fourth-order valence-electron chi connectivity index (χ4n) is 1.63. The number of nitrogens with two attached hydrogens (primary N) is 1. The summed E-state index contributed by atoms with van der Waals surface area (Å²) in [5.41, 5.74) is 5.58. The van der Waals surface area contributed by atoms with Gasteiger partial charge in [0.25, 0.3) is 0 Å². The molecule has 5 nitrogen and oxygen atoms in total. The van der Waals surface area contributed by atoms with Crippen LogP contribution in [0.25, 0.3) is 0 Å². The lowest BCUT2D eigenvalue weighted by Gasteiger charge is -2.26. The summed E-state index contributed by atoms with van der Waals surface area (Å²) in [6, 6.07) is 4.81. The monoisotopic (exact) mass is 400 g/mol. The van der Waals surface area contributed by atoms with Crippen molar-refractivity contribution < 1.29 is 13.2 Å². The van der Waals surface area contributed by atoms with Crippen molar-refractivity contribution in [3.8, 4) is 5.75 Å². The summed E-state index contributed by atoms with van der Waals surface area (Å²) < 4.78 is 32.8. The Hall–Kier alpha value is -0.340. The lowest BCUT2D eigenvalue weighted by Crippen LogP contribution is -2.49. The highest BCUT2D eigenvalue weighted by Gasteiger charge is 2.25. The van der Waals surface area contributed by atoms with E-state index in [1.807, 2.05) is 13.8 Å². The summed E-state index contributed by atoms with van der Waals surface area (Å²) in [6.07, 6.45) is 1.40. The summed E-state index contributed by atoms with van der Waals surface area (Å²) in [5.74, 6) is 0.485. The predicted molar refractivity (Wildman–Crippen MR) is 90.6 cm³/mol. The van der Waals surface area contributed by atoms with Crippen LogP contribution in [0.5, 0.6) is 5.75 Å². The first-order chi connectivity index (χ1) is 9.28. The van der Waals surface area contributed by atoms with Crippen molar-refractivity contribution in [3.05, 3.63) is 22.7 Å². The van der Waals surface area contributed by atoms with Gasteiger partial charge in [-0.3, -0.25) is 0 Å². The number of rotatable bonds is 7. The molecule has 0 saturated heterocycles. The van der Waals surface area contributed by atoms with Gasteiger partial charge >= 0.3 is 0 Å². The SMILES string of the molecule is CCC(N)(CC)CNS(=O)(=O)c1cc(OC)ccc1Br.Cl. The highest BCUT2D eigenvalue weighted by atomic mass is 79.9. The first-order valence-electron chi connectivity index (χ1n) is 6.40. The van der Waals surface area contributed by atoms with Gasteiger partial charge in [0.2, 0.25) is 10.0 Å². The van der Waals surface area contributed by atoms with Gasteiger partial charge in [-0.2, -0.15) is 0 Å². The van der Waals surface area contributed by atoms with Gasteiger partial charge in [0.05, 0.1) is 12.0 Å². The number of methoxy groups -OCH3 is 1. The van der Waals surface area contributed by atoms with E-state index in [0.717, 1.165) is 0 Å². The van der Waals surface area contributed by atoms with Gasteiger partial charge in [-0.15, -0.1) is 12.4 Å². The Labute approximate surface area is 141 Å². The topological polar surface area (TPSA) is 81.4 Å². The summed E-state index contributed by atoms with van der Waals surface area (Å²) in [5, 5.41) is 0. The molecule has 0 amide bonds. The Bertz CT molecular complexity index is 563. The number of nitrogens with one attached hydrogen (secondary N) is 1. The summed E-state index contributed by atoms with van der Waals surface area (Å²) in [4.78, 5) is 0.145. The van der Waals surface area contributed by atoms with Gasteiger partial charge in [0.1, 0.15) is 5.75 Å². The van der Waals surface area contributed by atoms with E-state index in [-0.39, 0.29) is 23.8 Å². The number of ether oxygens (including phenoxy) is 1. The lowest BCUT2D eigenvalue weighted by molar-refractivity contribution is 0.391. The smallest absolute Gasteiger partial charge is 0.241 e. The number of benzene rings is 1. The Kier molecular flexibility index (Phi) is 8.20. The highest BCUT2D eigenvalue weighted by Crippen LogP contribution is 2.26. The quantitative estimate of drug-likeness (QED) is 0.736. The van der Waals surface area contributed by atoms with Crippen LogP contribution in [0.4, 0.5) is 0 Å². The van der Waals surface area contributed by atoms with Crippen LogP contribution in [0, 0.1) is 0 Å². The molecule has 0 unspecified atom stereocenters. The van der Waals surface area contributed by atoms with Crippen molar-refractivity contribution in [2.75, 3.05) is 13.7 Å². The van der Waals surface area contributed by atoms with Gasteiger partial charge in [-0.05, 0) is 40.9 Å². The molecule has 0 aromatic heterocycles. The van der Waals surface area contributed by atoms with Crippen LogP contribution >= 0.6 is 28.3 Å². The maximum absolute atomic E-state index is 12.3. The van der Waals surface area contributed by atoms with E-state index in [2.05, 4.69) is 20.7 Å². The molecule has 0 fully saturated rings. The predicted octanol–water partition coefficient (Wildman–Crippen LogP) is 2.68. The van der Waals surface area contributed by atoms with Gasteiger partial charge in [-0.1, -0.05) is 13.8 Å². The number of hydrogen-bond acceptors (Lipinski definition) is 4. The van der Waals surface area contributed by atoms with Crippen LogP contribution in [-0.2, 0) is 10.0 Å². The fraction of sp³-hybridized carbons (Fsp3) is 0.538. The second kappa shape index (κ2) is 8.33. The van der Waals surface area contributed by atoms with Crippen LogP contribution in [0.1, 0.15) is 26.7 Å². The minimum atomic E-state index is -3.63. The van der Waals surface area contributed by atoms with Gasteiger partial charge < -0.3 is 10.5 Å². The number of halogens is 2. The van der Waals surface area contributed by atoms with Crippen LogP contribution in [0.15, 0.2) is 27.6 Å². The first-order valence-corrected chi connectivity index (χ1v) is 8.67. The maximum Gasteiger partial charge on any atom is 0.241 e. The highest BCUT2D eigenvalue weighted by molar-refractivity contribution is 9.10. The van der Waals surface area contributed by atoms with Gasteiger partial charge in [0.15, 0.2) is 0 Å². The molecule has 0 aliphatic rings. The molecule has 0 heterocycles. The summed E-state index contributed by atoms with van der Waals surface area (Å²) in [7, 11) is -2.14. The van der Waals surface area contributed by atoms with E-state index in [0.29, 0.717) is 23.1 Å². The normalized spacial score (nSPS) is 11.9. The van der Waals surface area contributed by atoms with E-state index in [1.165, 1.54) is 13.2 Å². The molecule has 1 aromatic rings. The summed E-state index contributed by atoms with van der Waals surface area (Å²) in [6.45, 7) is 4.09. The zero-order valence-corrected chi connectivity index (χ0v) is 15.6. The third-order valence-corrected chi connectivity index (χ3v) is 5.85. The number of sulfonamides is 1. The van der Waals surface area contributed by atoms with E-state index < -0.39 is 15.6 Å². The van der Waals surface area contributed by atoms with E-state index in [9.17, 15) is 8.42 Å². The van der Waals surface area contributed by atoms with Crippen molar-refractivity contribution in [1.82, 2.24) is 4.72 Å². The average molecular weight is 402 g/mol. The fourth-order valence-corrected chi connectivity index (χ4v) is 3.75. The molecular formula is C13H22BrClN2O3S. The van der Waals surface area contributed by atoms with Crippen LogP contribution in [-0.4, -0.2) is 27.6 Å². The molecule has 3 N–H and O–H groups in total. The van der Waals surface area contributed by atoms with Crippen LogP contribution < -0.4 is 15.2 Å². The van der Waals surface area contributed by atoms with Crippen molar-refractivity contribution in [3.63, 3.8) is 0 Å². The van der Waals surface area contributed by atoms with Crippen molar-refractivity contribution >= 4 is 38.4 Å². The number of hydrogen-bond donors (Lipinski definition) is 2. The standard InChI is InChI=1S/C13H21BrN2O3S.ClH/c1-4-13(15,5-2)9-16-20(17,18)12-8-10(19-3)6-7-11(12)14;/h6-8,16H,4-5,9,15H2,1-3H3;1H. The molecule has 0 atom stereocenters. The van der Waals surface area contributed by atoms with Crippen molar-refractivity contribution in [2.45, 2.75) is 37.1 Å². The van der Waals surface area contributed by atoms with Gasteiger partial charge in [-0.25, -0.2) is 13.1 Å². The van der Waals surface area contributed by atoms with Crippen LogP contribution in [0.2, 0.25) is 0 Å². The first kappa shape index (κ1) is 20.7. The van der Waals surface area contributed by atoms with Crippen molar-refractivity contribution in [2.24, 2.45) is 5.73 Å². The maximum atomic E-state index is 12.3. The minimum Gasteiger partial charge on any atom is -0.497 e. The zero-order chi connectivity index (χ0) is 15.4. The molecule has 0 aliphatic carbocycles. The zero-order valence-electron chi connectivity index (χ0n) is 12.3. The second-order valence-corrected chi connectivity index (χ2v) is 7.28. The Balaban J connectivity index is 0.00000400. The Morgan fingerprint density at radius 1 is 1.33 bits per heavy atom. The second-order valence-electron chi connectivity index (χ2n) is 4.69. The van der Waals surface area contributed by atoms with Crippen LogP contribution in [0.3, 0.4) is 0 Å². The molecule has 0 bridgehead atoms. The Morgan fingerprint density at radius 2 is 1.90 bits per heavy atom. The average Bonchev–Trinajstić information content (AvgIpc) is 2.45. The van der Waals surface area contributed by atoms with Crippen molar-refractivity contribution in [1.29, 1.82) is 0 Å². The third kappa shape index (κ3) is 5.41. The molecule has 122 valence electrons. The van der Waals surface area contributed by atoms with E-state index in [4.69, 9.17) is 10.5 Å². The van der Waals surface area contributed by atoms with E-state index in [1.54, 1.807) is 12.1 Å². The van der Waals surface area contributed by atoms with E-state index >= 15 is 0 Å². The molecule has 21 heavy (non-hydrogen) atoms.